The summed E-state index contributed by atoms with van der Waals surface area (Å²) in [6.07, 6.45) is 2.57. The lowest BCUT2D eigenvalue weighted by Gasteiger charge is -2.40. The van der Waals surface area contributed by atoms with Crippen molar-refractivity contribution in [2.45, 2.75) is 51.4 Å². The van der Waals surface area contributed by atoms with Crippen molar-refractivity contribution >= 4 is 25.8 Å². The Hall–Kier alpha value is -1.92. The average molecular weight is 401 g/mol. The molecule has 0 aromatic heterocycles. The normalized spacial score (nSPS) is 25.8. The van der Waals surface area contributed by atoms with Crippen LogP contribution in [0.15, 0.2) is 42.2 Å². The first-order valence-corrected chi connectivity index (χ1v) is 12.8. The minimum absolute atomic E-state index is 0.0733. The third-order valence-corrected chi connectivity index (χ3v) is 10.8. The number of imide groups is 1. The summed E-state index contributed by atoms with van der Waals surface area (Å²) in [5.41, 5.74) is 0.649. The minimum atomic E-state index is -2.02. The first kappa shape index (κ1) is 20.8. The number of amides is 2. The van der Waals surface area contributed by atoms with Crippen LogP contribution in [0.4, 0.5) is 5.69 Å². The Morgan fingerprint density at radius 2 is 1.68 bits per heavy atom. The first-order chi connectivity index (χ1) is 12.9. The van der Waals surface area contributed by atoms with Crippen molar-refractivity contribution in [3.63, 3.8) is 0 Å². The minimum Gasteiger partial charge on any atom is -0.547 e. The van der Waals surface area contributed by atoms with Crippen molar-refractivity contribution in [3.05, 3.63) is 42.2 Å². The highest BCUT2D eigenvalue weighted by Gasteiger charge is 2.54. The Balaban J connectivity index is 1.95. The zero-order chi connectivity index (χ0) is 20.9. The van der Waals surface area contributed by atoms with Gasteiger partial charge in [-0.3, -0.25) is 9.59 Å². The summed E-state index contributed by atoms with van der Waals surface area (Å²) >= 11 is 0. The Kier molecular flexibility index (Phi) is 5.32. The molecule has 2 aliphatic rings. The second kappa shape index (κ2) is 7.15. The Bertz CT molecular complexity index is 796. The third kappa shape index (κ3) is 3.55. The van der Waals surface area contributed by atoms with Gasteiger partial charge in [0.25, 0.3) is 0 Å². The number of likely N-dealkylation sites (N-methyl/N-ethyl adjacent to an activating group) is 1. The molecule has 3 atom stereocenters. The molecule has 1 saturated heterocycles. The van der Waals surface area contributed by atoms with Crippen molar-refractivity contribution in [2.24, 2.45) is 11.8 Å². The van der Waals surface area contributed by atoms with E-state index in [-0.39, 0.29) is 34.7 Å². The lowest BCUT2D eigenvalue weighted by atomic mass is 9.80. The topological polar surface area (TPSA) is 49.9 Å². The highest BCUT2D eigenvalue weighted by Crippen LogP contribution is 2.44. The molecule has 1 fully saturated rings. The molecule has 152 valence electrons. The second-order valence-corrected chi connectivity index (χ2v) is 14.4. The Labute approximate surface area is 169 Å². The summed E-state index contributed by atoms with van der Waals surface area (Å²) in [7, 11) is 1.89. The van der Waals surface area contributed by atoms with Crippen LogP contribution in [0, 0.1) is 11.8 Å². The summed E-state index contributed by atoms with van der Waals surface area (Å²) in [5, 5.41) is 0.0733. The monoisotopic (exact) mass is 400 g/mol. The summed E-state index contributed by atoms with van der Waals surface area (Å²) in [4.78, 5) is 29.9. The van der Waals surface area contributed by atoms with Gasteiger partial charge in [0.2, 0.25) is 20.1 Å². The van der Waals surface area contributed by atoms with Crippen LogP contribution in [0.1, 0.15) is 27.2 Å². The van der Waals surface area contributed by atoms with Gasteiger partial charge in [0.15, 0.2) is 0 Å². The molecule has 0 radical (unpaired) electrons. The number of para-hydroxylation sites is 1. The van der Waals surface area contributed by atoms with E-state index in [1.54, 1.807) is 0 Å². The average Bonchev–Trinajstić information content (AvgIpc) is 2.84. The van der Waals surface area contributed by atoms with E-state index >= 15 is 0 Å². The van der Waals surface area contributed by atoms with Gasteiger partial charge in [-0.15, -0.1) is 0 Å². The quantitative estimate of drug-likeness (QED) is 0.565. The number of anilines is 1. The molecular weight excluding hydrogens is 368 g/mol. The number of hydrogen-bond donors (Lipinski definition) is 0. The maximum Gasteiger partial charge on any atom is 0.250 e. The number of carbonyl (C=O) groups is 2. The van der Waals surface area contributed by atoms with E-state index in [0.29, 0.717) is 12.1 Å². The largest absolute Gasteiger partial charge is 0.547 e. The first-order valence-electron chi connectivity index (χ1n) is 9.93. The van der Waals surface area contributed by atoms with E-state index in [1.165, 1.54) is 4.90 Å². The predicted octanol–water partition coefficient (Wildman–Crippen LogP) is 4.03. The molecule has 0 saturated carbocycles. The third-order valence-electron chi connectivity index (χ3n) is 6.43. The molecule has 1 aliphatic carbocycles. The highest BCUT2D eigenvalue weighted by molar-refractivity contribution is 6.74. The summed E-state index contributed by atoms with van der Waals surface area (Å²) in [5.74, 6) is -0.0954. The fourth-order valence-corrected chi connectivity index (χ4v) is 4.90. The Morgan fingerprint density at radius 3 is 2.21 bits per heavy atom. The van der Waals surface area contributed by atoms with E-state index < -0.39 is 8.32 Å². The molecule has 0 N–H and O–H groups in total. The fraction of sp³-hybridized carbons (Fsp3) is 0.545. The van der Waals surface area contributed by atoms with Crippen molar-refractivity contribution in [2.75, 3.05) is 19.0 Å². The SMILES string of the molecule is CN(C)[C@H]1C=C(O[Si](C)(C)C(C)(C)C)C[C@H]2C(=O)N(c3ccccc3)C(=O)[C@H]21. The molecule has 1 aromatic rings. The Morgan fingerprint density at radius 1 is 1.07 bits per heavy atom. The smallest absolute Gasteiger partial charge is 0.250 e. The number of allylic oxidation sites excluding steroid dienone is 1. The molecular formula is C22H32N2O3Si. The van der Waals surface area contributed by atoms with Gasteiger partial charge in [0.1, 0.15) is 0 Å². The number of carbonyl (C=O) groups excluding carboxylic acids is 2. The van der Waals surface area contributed by atoms with Crippen LogP contribution in [0.5, 0.6) is 0 Å². The number of hydrogen-bond acceptors (Lipinski definition) is 4. The van der Waals surface area contributed by atoms with E-state index in [1.807, 2.05) is 49.3 Å². The lowest BCUT2D eigenvalue weighted by Crippen LogP contribution is -2.45. The summed E-state index contributed by atoms with van der Waals surface area (Å²) < 4.78 is 6.55. The molecule has 0 spiro atoms. The zero-order valence-electron chi connectivity index (χ0n) is 18.0. The summed E-state index contributed by atoms with van der Waals surface area (Å²) in [6.45, 7) is 11.0. The van der Waals surface area contributed by atoms with Gasteiger partial charge in [0, 0.05) is 12.5 Å². The van der Waals surface area contributed by atoms with Crippen molar-refractivity contribution in [1.29, 1.82) is 0 Å². The van der Waals surface area contributed by atoms with Gasteiger partial charge >= 0.3 is 0 Å². The van der Waals surface area contributed by atoms with E-state index in [4.69, 9.17) is 4.43 Å². The number of benzene rings is 1. The molecule has 1 aliphatic heterocycles. The molecule has 2 amide bonds. The van der Waals surface area contributed by atoms with Crippen molar-refractivity contribution in [3.8, 4) is 0 Å². The van der Waals surface area contributed by atoms with E-state index in [0.717, 1.165) is 5.76 Å². The molecule has 1 heterocycles. The summed E-state index contributed by atoms with van der Waals surface area (Å²) in [6, 6.07) is 9.08. The van der Waals surface area contributed by atoms with Gasteiger partial charge in [-0.2, -0.15) is 0 Å². The molecule has 6 heteroatoms. The van der Waals surface area contributed by atoms with Crippen LogP contribution >= 0.6 is 0 Å². The lowest BCUT2D eigenvalue weighted by molar-refractivity contribution is -0.122. The molecule has 0 bridgehead atoms. The van der Waals surface area contributed by atoms with Crippen LogP contribution in [0.25, 0.3) is 0 Å². The van der Waals surface area contributed by atoms with Crippen molar-refractivity contribution < 1.29 is 14.0 Å². The molecule has 28 heavy (non-hydrogen) atoms. The maximum absolute atomic E-state index is 13.2. The number of rotatable bonds is 4. The second-order valence-electron chi connectivity index (χ2n) is 9.63. The van der Waals surface area contributed by atoms with Crippen LogP contribution in [0.2, 0.25) is 18.1 Å². The van der Waals surface area contributed by atoms with Gasteiger partial charge < -0.3 is 9.33 Å². The van der Waals surface area contributed by atoms with Crippen molar-refractivity contribution in [1.82, 2.24) is 4.90 Å². The fourth-order valence-electron chi connectivity index (χ4n) is 3.78. The maximum atomic E-state index is 13.2. The molecule has 3 rings (SSSR count). The van der Waals surface area contributed by atoms with Crippen LogP contribution in [-0.2, 0) is 14.0 Å². The van der Waals surface area contributed by atoms with Crippen LogP contribution < -0.4 is 4.90 Å². The van der Waals surface area contributed by atoms with Gasteiger partial charge in [-0.1, -0.05) is 39.0 Å². The number of nitrogens with zero attached hydrogens (tertiary/aromatic N) is 2. The molecule has 1 aromatic carbocycles. The van der Waals surface area contributed by atoms with Crippen LogP contribution in [-0.4, -0.2) is 45.2 Å². The molecule has 5 nitrogen and oxygen atoms in total. The predicted molar refractivity (Wildman–Crippen MR) is 114 cm³/mol. The highest BCUT2D eigenvalue weighted by atomic mass is 28.4. The zero-order valence-corrected chi connectivity index (χ0v) is 19.0. The van der Waals surface area contributed by atoms with Crippen LogP contribution in [0.3, 0.4) is 0 Å². The standard InChI is InChI=1S/C22H32N2O3Si/c1-22(2,3)28(6,7)27-16-13-17-19(18(14-16)23(4)5)21(26)24(20(17)25)15-11-9-8-10-12-15/h8-12,14,17-19H,13H2,1-7H3/t17-,18+,19-/m1/s1. The van der Waals surface area contributed by atoms with Gasteiger partial charge in [-0.05, 0) is 50.4 Å². The van der Waals surface area contributed by atoms with Gasteiger partial charge in [0.05, 0.1) is 23.3 Å². The van der Waals surface area contributed by atoms with E-state index in [2.05, 4.69) is 39.9 Å². The van der Waals surface area contributed by atoms with Gasteiger partial charge in [-0.25, -0.2) is 4.90 Å². The number of fused-ring (bicyclic) bond motifs is 1. The molecule has 0 unspecified atom stereocenters. The van der Waals surface area contributed by atoms with E-state index in [9.17, 15) is 9.59 Å².